The molecule has 0 bridgehead atoms. The predicted molar refractivity (Wildman–Crippen MR) is 118 cm³/mol. The van der Waals surface area contributed by atoms with Crippen LogP contribution < -0.4 is 0 Å². The molecule has 1 atom stereocenters. The van der Waals surface area contributed by atoms with E-state index in [0.29, 0.717) is 23.9 Å². The van der Waals surface area contributed by atoms with Gasteiger partial charge in [-0.1, -0.05) is 6.07 Å². The van der Waals surface area contributed by atoms with Crippen LogP contribution in [0.4, 0.5) is 8.78 Å². The van der Waals surface area contributed by atoms with Gasteiger partial charge in [0.05, 0.1) is 0 Å². The second-order valence-electron chi connectivity index (χ2n) is 9.68. The quantitative estimate of drug-likeness (QED) is 0.645. The maximum atomic E-state index is 12.9. The van der Waals surface area contributed by atoms with E-state index < -0.39 is 18.0 Å². The lowest BCUT2D eigenvalue weighted by atomic mass is 9.97. The molecular weight excluding hydrogens is 446 g/mol. The fourth-order valence-electron chi connectivity index (χ4n) is 5.28. The molecule has 3 aliphatic heterocycles. The summed E-state index contributed by atoms with van der Waals surface area (Å²) in [5.74, 6) is 0.334. The Morgan fingerprint density at radius 1 is 1.06 bits per heavy atom. The third kappa shape index (κ3) is 4.87. The maximum Gasteiger partial charge on any atom is 0.314 e. The molecule has 4 heterocycles. The molecule has 0 aliphatic carbocycles. The molecule has 0 saturated carbocycles. The summed E-state index contributed by atoms with van der Waals surface area (Å²) < 4.78 is 42.0. The largest absolute Gasteiger partial charge is 0.415 e. The van der Waals surface area contributed by atoms with Gasteiger partial charge in [0, 0.05) is 57.2 Å². The molecule has 1 N–H and O–H groups in total. The van der Waals surface area contributed by atoms with E-state index in [4.69, 9.17) is 13.9 Å². The normalized spacial score (nSPS) is 24.9. The van der Waals surface area contributed by atoms with Crippen molar-refractivity contribution in [1.82, 2.24) is 20.2 Å². The second-order valence-corrected chi connectivity index (χ2v) is 9.68. The third-order valence-corrected chi connectivity index (χ3v) is 7.28. The van der Waals surface area contributed by atoms with Crippen LogP contribution in [0, 0.1) is 11.8 Å². The van der Waals surface area contributed by atoms with Crippen molar-refractivity contribution in [3.63, 3.8) is 0 Å². The first kappa shape index (κ1) is 23.7. The summed E-state index contributed by atoms with van der Waals surface area (Å²) >= 11 is 0. The zero-order valence-electron chi connectivity index (χ0n) is 19.5. The Balaban J connectivity index is 1.40. The Morgan fingerprint density at radius 3 is 2.24 bits per heavy atom. The Morgan fingerprint density at radius 2 is 1.68 bits per heavy atom. The lowest BCUT2D eigenvalue weighted by Crippen LogP contribution is -2.53. The number of hydrazine groups is 1. The molecule has 2 fully saturated rings. The number of nitrogens with zero attached hydrogens (tertiary/aromatic N) is 4. The number of aromatic nitrogens is 2. The van der Waals surface area contributed by atoms with Gasteiger partial charge in [-0.15, -0.1) is 10.2 Å². The van der Waals surface area contributed by atoms with Gasteiger partial charge in [-0.25, -0.2) is 10.0 Å². The number of fused-ring (bicyclic) bond motifs is 1. The highest BCUT2D eigenvalue weighted by molar-refractivity contribution is 5.57. The number of halogens is 2. The Hall–Kier alpha value is -1.98. The van der Waals surface area contributed by atoms with Crippen LogP contribution in [0.3, 0.4) is 0 Å². The number of alkyl halides is 2. The zero-order chi connectivity index (χ0) is 23.7. The fraction of sp³-hybridized carbons (Fsp3) is 0.667. The van der Waals surface area contributed by atoms with Crippen molar-refractivity contribution in [1.29, 1.82) is 0 Å². The molecule has 0 spiro atoms. The molecule has 2 aromatic rings. The molecule has 10 heteroatoms. The van der Waals surface area contributed by atoms with E-state index in [0.717, 1.165) is 76.3 Å². The molecule has 0 amide bonds. The molecular formula is C24H32F2N4O4. The van der Waals surface area contributed by atoms with Gasteiger partial charge in [-0.3, -0.25) is 0 Å². The van der Waals surface area contributed by atoms with Crippen LogP contribution in [0.25, 0.3) is 11.5 Å². The standard InChI is InChI=1S/C24H32F2N4O4/c1-24(31)20-12-18(22-27-28-23(34-22)21(25)26)2-3-19(20)15-30(24)29(13-16-4-8-32-9-5-16)14-17-6-10-33-11-7-17/h2-3,12,16-17,21,31H,4-11,13-15H2,1H3. The van der Waals surface area contributed by atoms with Crippen molar-refractivity contribution in [2.24, 2.45) is 11.8 Å². The molecule has 1 aromatic heterocycles. The number of benzene rings is 1. The van der Waals surface area contributed by atoms with E-state index in [2.05, 4.69) is 20.2 Å². The minimum absolute atomic E-state index is 0.0219. The molecule has 1 unspecified atom stereocenters. The first-order valence-corrected chi connectivity index (χ1v) is 12.1. The van der Waals surface area contributed by atoms with Crippen molar-refractivity contribution in [3.8, 4) is 11.5 Å². The van der Waals surface area contributed by atoms with Crippen LogP contribution in [-0.4, -0.2) is 64.8 Å². The van der Waals surface area contributed by atoms with Gasteiger partial charge in [0.2, 0.25) is 5.89 Å². The first-order chi connectivity index (χ1) is 16.4. The molecule has 3 aliphatic rings. The van der Waals surface area contributed by atoms with Gasteiger partial charge in [-0.2, -0.15) is 8.78 Å². The molecule has 1 aromatic carbocycles. The average Bonchev–Trinajstić information content (AvgIpc) is 3.43. The lowest BCUT2D eigenvalue weighted by Gasteiger charge is -2.43. The van der Waals surface area contributed by atoms with Gasteiger partial charge in [-0.05, 0) is 62.1 Å². The SMILES string of the molecule is CC1(O)c2cc(-c3nnc(C(F)F)o3)ccc2CN1N(CC1CCOCC1)CC1CCOCC1. The highest BCUT2D eigenvalue weighted by Crippen LogP contribution is 2.41. The molecule has 8 nitrogen and oxygen atoms in total. The second kappa shape index (κ2) is 9.94. The predicted octanol–water partition coefficient (Wildman–Crippen LogP) is 3.73. The summed E-state index contributed by atoms with van der Waals surface area (Å²) in [6, 6.07) is 5.47. The van der Waals surface area contributed by atoms with Crippen LogP contribution in [-0.2, 0) is 21.7 Å². The Bertz CT molecular complexity index is 954. The van der Waals surface area contributed by atoms with E-state index in [1.165, 1.54) is 0 Å². The summed E-state index contributed by atoms with van der Waals surface area (Å²) in [5, 5.41) is 23.3. The van der Waals surface area contributed by atoms with E-state index in [1.807, 2.05) is 6.07 Å². The van der Waals surface area contributed by atoms with Crippen LogP contribution in [0.15, 0.2) is 22.6 Å². The molecule has 186 valence electrons. The topological polar surface area (TPSA) is 84.1 Å². The van der Waals surface area contributed by atoms with Crippen molar-refractivity contribution < 1.29 is 27.8 Å². The summed E-state index contributed by atoms with van der Waals surface area (Å²) in [6.07, 6.45) is 1.24. The van der Waals surface area contributed by atoms with Gasteiger partial charge in [0.25, 0.3) is 5.89 Å². The molecule has 34 heavy (non-hydrogen) atoms. The van der Waals surface area contributed by atoms with Crippen molar-refractivity contribution in [2.75, 3.05) is 39.5 Å². The van der Waals surface area contributed by atoms with Gasteiger partial charge >= 0.3 is 6.43 Å². The van der Waals surface area contributed by atoms with Crippen LogP contribution >= 0.6 is 0 Å². The smallest absolute Gasteiger partial charge is 0.314 e. The van der Waals surface area contributed by atoms with Gasteiger partial charge in [0.1, 0.15) is 0 Å². The number of ether oxygens (including phenoxy) is 2. The summed E-state index contributed by atoms with van der Waals surface area (Å²) in [5.41, 5.74) is 0.977. The molecule has 0 radical (unpaired) electrons. The lowest BCUT2D eigenvalue weighted by molar-refractivity contribution is -0.215. The van der Waals surface area contributed by atoms with Gasteiger partial charge < -0.3 is 19.0 Å². The maximum absolute atomic E-state index is 12.9. The summed E-state index contributed by atoms with van der Waals surface area (Å²) in [7, 11) is 0. The third-order valence-electron chi connectivity index (χ3n) is 7.28. The monoisotopic (exact) mass is 478 g/mol. The highest BCUT2D eigenvalue weighted by atomic mass is 19.3. The average molecular weight is 479 g/mol. The van der Waals surface area contributed by atoms with Crippen LogP contribution in [0.5, 0.6) is 0 Å². The number of rotatable bonds is 7. The molecule has 5 rings (SSSR count). The number of aliphatic hydroxyl groups is 1. The van der Waals surface area contributed by atoms with Crippen LogP contribution in [0.1, 0.15) is 56.1 Å². The minimum Gasteiger partial charge on any atom is -0.415 e. The van der Waals surface area contributed by atoms with Gasteiger partial charge in [0.15, 0.2) is 5.72 Å². The molecule has 2 saturated heterocycles. The van der Waals surface area contributed by atoms with Crippen molar-refractivity contribution >= 4 is 0 Å². The summed E-state index contributed by atoms with van der Waals surface area (Å²) in [6.45, 7) is 7.20. The highest BCUT2D eigenvalue weighted by Gasteiger charge is 2.44. The first-order valence-electron chi connectivity index (χ1n) is 12.1. The van der Waals surface area contributed by atoms with Crippen LogP contribution in [0.2, 0.25) is 0 Å². The minimum atomic E-state index is -2.82. The fourth-order valence-corrected chi connectivity index (χ4v) is 5.28. The van der Waals surface area contributed by atoms with E-state index >= 15 is 0 Å². The summed E-state index contributed by atoms with van der Waals surface area (Å²) in [4.78, 5) is 0. The Labute approximate surface area is 197 Å². The van der Waals surface area contributed by atoms with Crippen molar-refractivity contribution in [3.05, 3.63) is 35.2 Å². The van der Waals surface area contributed by atoms with E-state index in [9.17, 15) is 13.9 Å². The van der Waals surface area contributed by atoms with E-state index in [1.54, 1.807) is 19.1 Å². The zero-order valence-corrected chi connectivity index (χ0v) is 19.5. The number of hydrogen-bond donors (Lipinski definition) is 1. The Kier molecular flexibility index (Phi) is 6.95. The van der Waals surface area contributed by atoms with Crippen molar-refractivity contribution in [2.45, 2.75) is 51.3 Å². The van der Waals surface area contributed by atoms with E-state index in [-0.39, 0.29) is 5.89 Å². The number of hydrogen-bond acceptors (Lipinski definition) is 8.